The Balaban J connectivity index is 0.914. The number of anilines is 1. The van der Waals surface area contributed by atoms with Crippen molar-refractivity contribution in [1.82, 2.24) is 24.9 Å². The Morgan fingerprint density at radius 3 is 2.43 bits per heavy atom. The molecule has 1 N–H and O–H groups in total. The number of amides is 5. The van der Waals surface area contributed by atoms with Crippen molar-refractivity contribution in [2.24, 2.45) is 5.92 Å². The molecule has 10 nitrogen and oxygen atoms in total. The van der Waals surface area contributed by atoms with Gasteiger partial charge in [0.15, 0.2) is 0 Å². The molecule has 226 valence electrons. The van der Waals surface area contributed by atoms with Gasteiger partial charge in [-0.2, -0.15) is 0 Å². The summed E-state index contributed by atoms with van der Waals surface area (Å²) in [6.07, 6.45) is 7.37. The zero-order chi connectivity index (χ0) is 29.2. The Kier molecular flexibility index (Phi) is 8.51. The normalized spacial score (nSPS) is 24.3. The Morgan fingerprint density at radius 2 is 1.69 bits per heavy atom. The van der Waals surface area contributed by atoms with E-state index in [0.29, 0.717) is 24.4 Å². The molecule has 5 aliphatic rings. The predicted octanol–water partition coefficient (Wildman–Crippen LogP) is 2.83. The number of hydrogen-bond acceptors (Lipinski definition) is 6. The van der Waals surface area contributed by atoms with E-state index in [1.807, 2.05) is 17.0 Å². The summed E-state index contributed by atoms with van der Waals surface area (Å²) in [5.74, 6) is -0.0539. The lowest BCUT2D eigenvalue weighted by Crippen LogP contribution is -2.52. The van der Waals surface area contributed by atoms with E-state index in [4.69, 9.17) is 0 Å². The van der Waals surface area contributed by atoms with Gasteiger partial charge in [-0.3, -0.25) is 24.6 Å². The van der Waals surface area contributed by atoms with Crippen LogP contribution in [-0.2, 0) is 16.1 Å². The zero-order valence-electron chi connectivity index (χ0n) is 24.7. The molecule has 1 unspecified atom stereocenters. The summed E-state index contributed by atoms with van der Waals surface area (Å²) in [5, 5.41) is 2.37. The van der Waals surface area contributed by atoms with Gasteiger partial charge in [0.1, 0.15) is 6.04 Å². The summed E-state index contributed by atoms with van der Waals surface area (Å²) in [6.45, 7) is 12.9. The van der Waals surface area contributed by atoms with Gasteiger partial charge in [0.05, 0.1) is 0 Å². The molecule has 0 aliphatic carbocycles. The van der Waals surface area contributed by atoms with Crippen molar-refractivity contribution in [2.45, 2.75) is 64.0 Å². The topological polar surface area (TPSA) is 96.5 Å². The highest BCUT2D eigenvalue weighted by Crippen LogP contribution is 2.31. The molecule has 0 radical (unpaired) electrons. The van der Waals surface area contributed by atoms with Crippen LogP contribution in [0.3, 0.4) is 0 Å². The van der Waals surface area contributed by atoms with Crippen molar-refractivity contribution in [3.05, 3.63) is 41.5 Å². The third-order valence-corrected chi connectivity index (χ3v) is 9.86. The molecule has 4 saturated heterocycles. The number of likely N-dealkylation sites (tertiary alicyclic amines) is 2. The molecule has 0 aromatic heterocycles. The van der Waals surface area contributed by atoms with Crippen LogP contribution in [0.2, 0.25) is 0 Å². The largest absolute Gasteiger partial charge is 0.369 e. The van der Waals surface area contributed by atoms with Gasteiger partial charge >= 0.3 is 6.03 Å². The van der Waals surface area contributed by atoms with Crippen LogP contribution in [0.25, 0.3) is 0 Å². The SMILES string of the molecule is C=C1CCCN(C(=O)N2CCC(CCCN3CCN(c4ccc5c(c4)CN(C4CCC(=O)NC4=O)C5=O)CC3)CC2)C1. The van der Waals surface area contributed by atoms with Gasteiger partial charge in [0.25, 0.3) is 5.91 Å². The number of fused-ring (bicyclic) bond motifs is 1. The summed E-state index contributed by atoms with van der Waals surface area (Å²) in [7, 11) is 0. The fourth-order valence-electron chi connectivity index (χ4n) is 7.31. The Bertz CT molecular complexity index is 1230. The van der Waals surface area contributed by atoms with Crippen molar-refractivity contribution < 1.29 is 19.2 Å². The molecular weight excluding hydrogens is 532 g/mol. The molecule has 5 aliphatic heterocycles. The van der Waals surface area contributed by atoms with Gasteiger partial charge in [-0.25, -0.2) is 4.79 Å². The number of benzene rings is 1. The van der Waals surface area contributed by atoms with Crippen molar-refractivity contribution in [2.75, 3.05) is 63.8 Å². The third kappa shape index (κ3) is 6.19. The van der Waals surface area contributed by atoms with Crippen LogP contribution in [0.5, 0.6) is 0 Å². The quantitative estimate of drug-likeness (QED) is 0.413. The molecule has 1 aromatic carbocycles. The fourth-order valence-corrected chi connectivity index (χ4v) is 7.31. The number of hydrogen-bond donors (Lipinski definition) is 1. The maximum absolute atomic E-state index is 13.0. The number of nitrogens with one attached hydrogen (secondary N) is 1. The molecule has 0 saturated carbocycles. The van der Waals surface area contributed by atoms with E-state index in [0.717, 1.165) is 95.8 Å². The van der Waals surface area contributed by atoms with Crippen LogP contribution < -0.4 is 10.2 Å². The zero-order valence-corrected chi connectivity index (χ0v) is 24.7. The monoisotopic (exact) mass is 576 g/mol. The molecule has 0 bridgehead atoms. The minimum absolute atomic E-state index is 0.124. The molecule has 5 heterocycles. The molecule has 5 amide bonds. The van der Waals surface area contributed by atoms with Gasteiger partial charge in [0.2, 0.25) is 11.8 Å². The molecule has 4 fully saturated rings. The number of carbonyl (C=O) groups excluding carboxylic acids is 4. The predicted molar refractivity (Wildman–Crippen MR) is 160 cm³/mol. The number of nitrogens with zero attached hydrogens (tertiary/aromatic N) is 5. The number of piperazine rings is 1. The highest BCUT2D eigenvalue weighted by molar-refractivity contribution is 6.05. The molecule has 6 rings (SSSR count). The number of carbonyl (C=O) groups is 4. The summed E-state index contributed by atoms with van der Waals surface area (Å²) >= 11 is 0. The van der Waals surface area contributed by atoms with Crippen molar-refractivity contribution >= 4 is 29.4 Å². The van der Waals surface area contributed by atoms with Crippen LogP contribution in [0.4, 0.5) is 10.5 Å². The first-order valence-electron chi connectivity index (χ1n) is 15.8. The summed E-state index contributed by atoms with van der Waals surface area (Å²) in [5.41, 5.74) is 3.92. The van der Waals surface area contributed by atoms with Crippen molar-refractivity contribution in [3.8, 4) is 0 Å². The van der Waals surface area contributed by atoms with Gasteiger partial charge in [-0.15, -0.1) is 0 Å². The fraction of sp³-hybridized carbons (Fsp3) is 0.625. The van der Waals surface area contributed by atoms with Crippen molar-refractivity contribution in [1.29, 1.82) is 0 Å². The molecule has 10 heteroatoms. The second-order valence-corrected chi connectivity index (χ2v) is 12.7. The molecule has 42 heavy (non-hydrogen) atoms. The van der Waals surface area contributed by atoms with Gasteiger partial charge in [0, 0.05) is 76.6 Å². The number of imide groups is 1. The van der Waals surface area contributed by atoms with Gasteiger partial charge < -0.3 is 19.6 Å². The molecule has 1 atom stereocenters. The minimum atomic E-state index is -0.579. The highest BCUT2D eigenvalue weighted by atomic mass is 16.2. The van der Waals surface area contributed by atoms with Gasteiger partial charge in [-0.1, -0.05) is 12.2 Å². The summed E-state index contributed by atoms with van der Waals surface area (Å²) in [4.78, 5) is 60.4. The summed E-state index contributed by atoms with van der Waals surface area (Å²) < 4.78 is 0. The first kappa shape index (κ1) is 28.7. The summed E-state index contributed by atoms with van der Waals surface area (Å²) in [6, 6.07) is 5.65. The van der Waals surface area contributed by atoms with Crippen LogP contribution in [0.1, 0.15) is 67.3 Å². The van der Waals surface area contributed by atoms with Crippen LogP contribution in [-0.4, -0.2) is 108 Å². The van der Waals surface area contributed by atoms with Crippen LogP contribution in [0, 0.1) is 5.92 Å². The maximum Gasteiger partial charge on any atom is 0.320 e. The van der Waals surface area contributed by atoms with E-state index >= 15 is 0 Å². The average molecular weight is 577 g/mol. The van der Waals surface area contributed by atoms with E-state index < -0.39 is 6.04 Å². The molecule has 1 aromatic rings. The van der Waals surface area contributed by atoms with Crippen molar-refractivity contribution in [3.63, 3.8) is 0 Å². The van der Waals surface area contributed by atoms with Gasteiger partial charge in [-0.05, 0) is 81.2 Å². The first-order chi connectivity index (χ1) is 20.4. The second kappa shape index (κ2) is 12.5. The van der Waals surface area contributed by atoms with E-state index in [1.165, 1.54) is 18.4 Å². The minimum Gasteiger partial charge on any atom is -0.369 e. The number of urea groups is 1. The number of piperidine rings is 3. The molecular formula is C32H44N6O4. The lowest BCUT2D eigenvalue weighted by atomic mass is 9.92. The van der Waals surface area contributed by atoms with E-state index in [1.54, 1.807) is 4.90 Å². The Labute approximate surface area is 248 Å². The Hall–Kier alpha value is -3.40. The third-order valence-electron chi connectivity index (χ3n) is 9.86. The smallest absolute Gasteiger partial charge is 0.320 e. The maximum atomic E-state index is 13.0. The lowest BCUT2D eigenvalue weighted by molar-refractivity contribution is -0.136. The molecule has 0 spiro atoms. The number of rotatable bonds is 6. The van der Waals surface area contributed by atoms with Crippen LogP contribution >= 0.6 is 0 Å². The standard InChI is InChI=1S/C32H44N6O4/c1-23-4-2-13-37(21-23)32(42)36-14-10-24(11-15-36)5-3-12-34-16-18-35(19-17-34)26-6-7-27-25(20-26)22-38(31(27)41)28-8-9-29(39)33-30(28)40/h6-7,20,24,28H,1-5,8-19,21-22H2,(H,33,39,40). The van der Waals surface area contributed by atoms with E-state index in [-0.39, 0.29) is 30.2 Å². The van der Waals surface area contributed by atoms with Crippen LogP contribution in [0.15, 0.2) is 30.4 Å². The van der Waals surface area contributed by atoms with E-state index in [2.05, 4.69) is 32.7 Å². The second-order valence-electron chi connectivity index (χ2n) is 12.7. The Morgan fingerprint density at radius 1 is 0.905 bits per heavy atom. The van der Waals surface area contributed by atoms with E-state index in [9.17, 15) is 19.2 Å². The lowest BCUT2D eigenvalue weighted by Gasteiger charge is -2.38. The highest BCUT2D eigenvalue weighted by Gasteiger charge is 2.39. The first-order valence-corrected chi connectivity index (χ1v) is 15.8. The average Bonchev–Trinajstić information content (AvgIpc) is 3.32.